The van der Waals surface area contributed by atoms with Gasteiger partial charge in [-0.3, -0.25) is 14.7 Å². The number of hydrogen-bond acceptors (Lipinski definition) is 6. The van der Waals surface area contributed by atoms with Crippen LogP contribution in [0.2, 0.25) is 0 Å². The largest absolute Gasteiger partial charge is 0.504 e. The number of H-pyrrole nitrogens is 1. The van der Waals surface area contributed by atoms with Crippen LogP contribution in [0.1, 0.15) is 43.2 Å². The average Bonchev–Trinajstić information content (AvgIpc) is 3.27. The second kappa shape index (κ2) is 7.23. The lowest BCUT2D eigenvalue weighted by Gasteiger charge is -2.00. The van der Waals surface area contributed by atoms with E-state index in [4.69, 9.17) is 0 Å². The van der Waals surface area contributed by atoms with E-state index in [0.717, 1.165) is 16.5 Å². The van der Waals surface area contributed by atoms with Gasteiger partial charge in [0.05, 0.1) is 4.88 Å². The fourth-order valence-corrected chi connectivity index (χ4v) is 3.21. The number of carbonyl (C=O) groups is 2. The quantitative estimate of drug-likeness (QED) is 0.402. The van der Waals surface area contributed by atoms with Crippen LogP contribution in [0.5, 0.6) is 0 Å². The molecule has 0 atom stereocenters. The van der Waals surface area contributed by atoms with Crippen molar-refractivity contribution in [1.82, 2.24) is 15.2 Å². The number of allylic oxidation sites excluding steroid dienone is 1. The molecule has 3 aromatic rings. The van der Waals surface area contributed by atoms with Crippen LogP contribution in [0.4, 0.5) is 0 Å². The topological polar surface area (TPSA) is 95.9 Å². The van der Waals surface area contributed by atoms with Gasteiger partial charge in [-0.2, -0.15) is 5.10 Å². The predicted octanol–water partition coefficient (Wildman–Crippen LogP) is 3.44. The molecule has 0 radical (unpaired) electrons. The monoisotopic (exact) mass is 353 g/mol. The van der Waals surface area contributed by atoms with Crippen LogP contribution in [0.3, 0.4) is 0 Å². The number of aliphatic hydroxyl groups excluding tert-OH is 1. The molecule has 0 bridgehead atoms. The van der Waals surface area contributed by atoms with Gasteiger partial charge in [0.2, 0.25) is 5.82 Å². The predicted molar refractivity (Wildman–Crippen MR) is 94.9 cm³/mol. The summed E-state index contributed by atoms with van der Waals surface area (Å²) >= 11 is 1.36. The van der Waals surface area contributed by atoms with Crippen molar-refractivity contribution in [3.63, 3.8) is 0 Å². The number of aliphatic hydroxyl groups is 1. The van der Waals surface area contributed by atoms with Crippen LogP contribution in [-0.4, -0.2) is 31.9 Å². The lowest BCUT2D eigenvalue weighted by Crippen LogP contribution is -1.95. The summed E-state index contributed by atoms with van der Waals surface area (Å²) in [4.78, 5) is 28.8. The van der Waals surface area contributed by atoms with Gasteiger partial charge in [-0.15, -0.1) is 11.3 Å². The number of carbonyl (C=O) groups excluding carboxylic acids is 2. The molecule has 0 amide bonds. The van der Waals surface area contributed by atoms with E-state index in [9.17, 15) is 14.7 Å². The van der Waals surface area contributed by atoms with Crippen LogP contribution in [0.15, 0.2) is 48.8 Å². The van der Waals surface area contributed by atoms with E-state index in [-0.39, 0.29) is 23.2 Å². The van der Waals surface area contributed by atoms with Gasteiger partial charge in [-0.1, -0.05) is 24.3 Å². The third kappa shape index (κ3) is 4.07. The van der Waals surface area contributed by atoms with E-state index in [1.54, 1.807) is 18.2 Å². The SMILES string of the molecule is CC(=O)c1ccc(Cc2ccc(C(=O)C=C(O)c3nc[nH]n3)s2)cc1. The average molecular weight is 353 g/mol. The van der Waals surface area contributed by atoms with Crippen molar-refractivity contribution in [2.45, 2.75) is 13.3 Å². The van der Waals surface area contributed by atoms with E-state index in [1.165, 1.54) is 24.6 Å². The third-order valence-corrected chi connectivity index (χ3v) is 4.66. The zero-order valence-corrected chi connectivity index (χ0v) is 14.2. The Morgan fingerprint density at radius 2 is 1.96 bits per heavy atom. The molecule has 2 aromatic heterocycles. The molecule has 0 saturated heterocycles. The number of nitrogens with zero attached hydrogens (tertiary/aromatic N) is 2. The zero-order valence-electron chi connectivity index (χ0n) is 13.4. The lowest BCUT2D eigenvalue weighted by atomic mass is 10.1. The molecule has 0 fully saturated rings. The van der Waals surface area contributed by atoms with Gasteiger partial charge in [-0.05, 0) is 24.6 Å². The second-order valence-electron chi connectivity index (χ2n) is 5.41. The number of aromatic nitrogens is 3. The highest BCUT2D eigenvalue weighted by atomic mass is 32.1. The molecule has 3 rings (SSSR count). The molecule has 0 spiro atoms. The first-order valence-corrected chi connectivity index (χ1v) is 8.34. The van der Waals surface area contributed by atoms with Crippen molar-refractivity contribution >= 4 is 28.7 Å². The molecule has 7 heteroatoms. The maximum atomic E-state index is 12.2. The minimum Gasteiger partial charge on any atom is -0.504 e. The number of benzene rings is 1. The van der Waals surface area contributed by atoms with Crippen molar-refractivity contribution in [1.29, 1.82) is 0 Å². The van der Waals surface area contributed by atoms with Crippen molar-refractivity contribution < 1.29 is 14.7 Å². The highest BCUT2D eigenvalue weighted by Gasteiger charge is 2.11. The van der Waals surface area contributed by atoms with Crippen molar-refractivity contribution in [3.8, 4) is 0 Å². The van der Waals surface area contributed by atoms with Crippen LogP contribution in [0, 0.1) is 0 Å². The molecule has 126 valence electrons. The van der Waals surface area contributed by atoms with Crippen LogP contribution in [-0.2, 0) is 6.42 Å². The maximum absolute atomic E-state index is 12.2. The number of hydrogen-bond donors (Lipinski definition) is 2. The van der Waals surface area contributed by atoms with Gasteiger partial charge in [0, 0.05) is 22.9 Å². The molecule has 2 N–H and O–H groups in total. The summed E-state index contributed by atoms with van der Waals surface area (Å²) in [7, 11) is 0. The highest BCUT2D eigenvalue weighted by molar-refractivity contribution is 7.14. The van der Waals surface area contributed by atoms with Crippen molar-refractivity contribution in [2.75, 3.05) is 0 Å². The minimum absolute atomic E-state index is 0.0357. The Balaban J connectivity index is 1.70. The minimum atomic E-state index is -0.300. The Kier molecular flexibility index (Phi) is 4.85. The number of Topliss-reactive ketones (excluding diaryl/α,β-unsaturated/α-hetero) is 1. The molecule has 25 heavy (non-hydrogen) atoms. The maximum Gasteiger partial charge on any atom is 0.215 e. The summed E-state index contributed by atoms with van der Waals surface area (Å²) in [5.41, 5.74) is 1.74. The normalized spacial score (nSPS) is 11.5. The lowest BCUT2D eigenvalue weighted by molar-refractivity contribution is 0.101. The number of rotatable bonds is 6. The highest BCUT2D eigenvalue weighted by Crippen LogP contribution is 2.22. The van der Waals surface area contributed by atoms with Crippen molar-refractivity contribution in [2.24, 2.45) is 0 Å². The number of aromatic amines is 1. The van der Waals surface area contributed by atoms with E-state index < -0.39 is 0 Å². The molecule has 0 aliphatic carbocycles. The zero-order chi connectivity index (χ0) is 17.8. The molecule has 1 aromatic carbocycles. The van der Waals surface area contributed by atoms with E-state index in [0.29, 0.717) is 16.9 Å². The molecule has 6 nitrogen and oxygen atoms in total. The Morgan fingerprint density at radius 3 is 2.60 bits per heavy atom. The van der Waals surface area contributed by atoms with Crippen LogP contribution >= 0.6 is 11.3 Å². The van der Waals surface area contributed by atoms with Gasteiger partial charge in [0.15, 0.2) is 17.3 Å². The molecular weight excluding hydrogens is 338 g/mol. The molecule has 0 saturated carbocycles. The van der Waals surface area contributed by atoms with E-state index >= 15 is 0 Å². The third-order valence-electron chi connectivity index (χ3n) is 3.56. The van der Waals surface area contributed by atoms with Gasteiger partial charge < -0.3 is 5.11 Å². The van der Waals surface area contributed by atoms with Gasteiger partial charge >= 0.3 is 0 Å². The van der Waals surface area contributed by atoms with Gasteiger partial charge in [-0.25, -0.2) is 4.98 Å². The Hall–Kier alpha value is -3.06. The molecule has 0 unspecified atom stereocenters. The summed E-state index contributed by atoms with van der Waals surface area (Å²) in [5.74, 6) is -0.462. The van der Waals surface area contributed by atoms with Crippen LogP contribution < -0.4 is 0 Å². The van der Waals surface area contributed by atoms with Gasteiger partial charge in [0.1, 0.15) is 6.33 Å². The summed E-state index contributed by atoms with van der Waals surface area (Å²) in [6.07, 6.45) is 3.11. The first-order valence-electron chi connectivity index (χ1n) is 7.52. The summed E-state index contributed by atoms with van der Waals surface area (Å²) in [6.45, 7) is 1.54. The fraction of sp³-hybridized carbons (Fsp3) is 0.111. The van der Waals surface area contributed by atoms with Gasteiger partial charge in [0.25, 0.3) is 0 Å². The standard InChI is InChI=1S/C18H15N3O3S/c1-11(22)13-4-2-12(3-5-13)8-14-6-7-17(25-14)15(23)9-16(24)18-19-10-20-21-18/h2-7,9-10,24H,8H2,1H3,(H,19,20,21). The molecule has 0 aliphatic heterocycles. The summed E-state index contributed by atoms with van der Waals surface area (Å²) in [6, 6.07) is 11.0. The van der Waals surface area contributed by atoms with E-state index in [1.807, 2.05) is 18.2 Å². The van der Waals surface area contributed by atoms with Crippen LogP contribution in [0.25, 0.3) is 5.76 Å². The smallest absolute Gasteiger partial charge is 0.215 e. The Bertz CT molecular complexity index is 925. The first kappa shape index (κ1) is 16.8. The Labute approximate surface area is 147 Å². The molecule has 0 aliphatic rings. The first-order chi connectivity index (χ1) is 12.0. The number of thiophene rings is 1. The van der Waals surface area contributed by atoms with Crippen molar-refractivity contribution in [3.05, 3.63) is 75.5 Å². The summed E-state index contributed by atoms with van der Waals surface area (Å²) in [5, 5.41) is 16.0. The number of ketones is 2. The summed E-state index contributed by atoms with van der Waals surface area (Å²) < 4.78 is 0. The van der Waals surface area contributed by atoms with E-state index in [2.05, 4.69) is 15.2 Å². The molecule has 2 heterocycles. The molecular formula is C18H15N3O3S. The Morgan fingerprint density at radius 1 is 1.20 bits per heavy atom. The number of nitrogens with one attached hydrogen (secondary N) is 1. The second-order valence-corrected chi connectivity index (χ2v) is 6.58. The fourth-order valence-electron chi connectivity index (χ4n) is 2.26.